The number of benzene rings is 1. The number of hydrogen-bond acceptors (Lipinski definition) is 9. The molecule has 11 nitrogen and oxygen atoms in total. The fourth-order valence-electron chi connectivity index (χ4n) is 4.34. The highest BCUT2D eigenvalue weighted by molar-refractivity contribution is 6.29. The highest BCUT2D eigenvalue weighted by Crippen LogP contribution is 2.34. The number of nitrogens with zero attached hydrogens (tertiary/aromatic N) is 5. The van der Waals surface area contributed by atoms with Crippen molar-refractivity contribution in [2.75, 3.05) is 5.32 Å². The van der Waals surface area contributed by atoms with Crippen LogP contribution in [0.15, 0.2) is 55.2 Å². The Balaban J connectivity index is 1.63. The first-order valence-electron chi connectivity index (χ1n) is 12.0. The molecule has 198 valence electrons. The lowest BCUT2D eigenvalue weighted by molar-refractivity contribution is 0.388. The molecule has 4 heterocycles. The summed E-state index contributed by atoms with van der Waals surface area (Å²) < 4.78 is 12.6. The molecule has 0 fully saturated rings. The first-order chi connectivity index (χ1) is 18.5. The van der Waals surface area contributed by atoms with E-state index in [-0.39, 0.29) is 22.4 Å². The van der Waals surface area contributed by atoms with Crippen LogP contribution in [0.3, 0.4) is 0 Å². The third-order valence-corrected chi connectivity index (χ3v) is 6.66. The Morgan fingerprint density at radius 2 is 2.00 bits per heavy atom. The SMILES string of the molecule is Cc1cc([C@@H](C)Nc2ccc(Cl)nc2-c2noc(=O)[nH]2)c2oc(-c3cnn(C(C)(C)C#N)c3)c(C)c(=O)c2c1. The van der Waals surface area contributed by atoms with Crippen molar-refractivity contribution in [3.8, 4) is 28.9 Å². The molecule has 0 aliphatic rings. The Labute approximate surface area is 227 Å². The molecule has 2 N–H and O–H groups in total. The molecule has 0 amide bonds. The van der Waals surface area contributed by atoms with E-state index in [9.17, 15) is 14.9 Å². The van der Waals surface area contributed by atoms with Crippen LogP contribution in [0.4, 0.5) is 5.69 Å². The number of pyridine rings is 1. The molecule has 0 aliphatic heterocycles. The van der Waals surface area contributed by atoms with Gasteiger partial charge in [0.25, 0.3) is 0 Å². The van der Waals surface area contributed by atoms with Crippen molar-refractivity contribution < 1.29 is 8.94 Å². The Hall–Kier alpha value is -4.69. The monoisotopic (exact) mass is 545 g/mol. The molecule has 0 radical (unpaired) electrons. The smallest absolute Gasteiger partial charge is 0.439 e. The highest BCUT2D eigenvalue weighted by atomic mass is 35.5. The predicted molar refractivity (Wildman–Crippen MR) is 146 cm³/mol. The van der Waals surface area contributed by atoms with Gasteiger partial charge in [-0.1, -0.05) is 22.8 Å². The second kappa shape index (κ2) is 9.56. The fraction of sp³-hybridized carbons (Fsp3) is 0.259. The quantitative estimate of drug-likeness (QED) is 0.277. The summed E-state index contributed by atoms with van der Waals surface area (Å²) in [4.78, 5) is 31.8. The van der Waals surface area contributed by atoms with Crippen LogP contribution in [0.1, 0.15) is 43.5 Å². The van der Waals surface area contributed by atoms with Crippen molar-refractivity contribution in [1.29, 1.82) is 5.26 Å². The zero-order valence-electron chi connectivity index (χ0n) is 21.8. The number of H-pyrrole nitrogens is 1. The minimum absolute atomic E-state index is 0.119. The van der Waals surface area contributed by atoms with Crippen molar-refractivity contribution in [2.45, 2.75) is 46.2 Å². The second-order valence-corrected chi connectivity index (χ2v) is 10.2. The predicted octanol–water partition coefficient (Wildman–Crippen LogP) is 5.10. The van der Waals surface area contributed by atoms with Gasteiger partial charge in [-0.15, -0.1) is 0 Å². The van der Waals surface area contributed by atoms with Crippen LogP contribution in [-0.4, -0.2) is 24.9 Å². The standard InChI is InChI=1S/C27H24ClN7O4/c1-13-8-17(15(3)31-19-6-7-20(28)32-21(19)25-33-26(37)39-34-25)24-18(9-13)22(36)14(2)23(38-24)16-10-30-35(11-16)27(4,5)12-29/h6-11,15,31H,1-5H3,(H,33,34,37)/t15-/m1/s1. The van der Waals surface area contributed by atoms with Gasteiger partial charge in [-0.25, -0.2) is 9.78 Å². The lowest BCUT2D eigenvalue weighted by Crippen LogP contribution is -2.24. The Kier molecular flexibility index (Phi) is 6.36. The third-order valence-electron chi connectivity index (χ3n) is 6.45. The molecular formula is C27H24ClN7O4. The van der Waals surface area contributed by atoms with Crippen LogP contribution in [0.5, 0.6) is 0 Å². The lowest BCUT2D eigenvalue weighted by atomic mass is 9.99. The molecule has 39 heavy (non-hydrogen) atoms. The highest BCUT2D eigenvalue weighted by Gasteiger charge is 2.24. The van der Waals surface area contributed by atoms with Crippen molar-refractivity contribution in [3.63, 3.8) is 0 Å². The van der Waals surface area contributed by atoms with E-state index in [1.165, 1.54) is 4.68 Å². The summed E-state index contributed by atoms with van der Waals surface area (Å²) in [6.07, 6.45) is 3.27. The summed E-state index contributed by atoms with van der Waals surface area (Å²) in [6.45, 7) is 9.01. The molecule has 0 bridgehead atoms. The van der Waals surface area contributed by atoms with E-state index in [0.29, 0.717) is 39.2 Å². The summed E-state index contributed by atoms with van der Waals surface area (Å²) in [5.74, 6) is -0.228. The molecule has 5 aromatic rings. The Morgan fingerprint density at radius 3 is 2.69 bits per heavy atom. The van der Waals surface area contributed by atoms with E-state index in [1.54, 1.807) is 51.4 Å². The summed E-state index contributed by atoms with van der Waals surface area (Å²) in [7, 11) is 0. The van der Waals surface area contributed by atoms with Crippen LogP contribution in [0.25, 0.3) is 33.8 Å². The lowest BCUT2D eigenvalue weighted by Gasteiger charge is -2.20. The number of fused-ring (bicyclic) bond motifs is 1. The number of nitriles is 1. The Bertz CT molecular complexity index is 1890. The number of halogens is 1. The first kappa shape index (κ1) is 25.9. The molecule has 1 atom stereocenters. The number of aromatic nitrogens is 5. The summed E-state index contributed by atoms with van der Waals surface area (Å²) in [6, 6.07) is 8.88. The van der Waals surface area contributed by atoms with Crippen LogP contribution in [-0.2, 0) is 5.54 Å². The molecule has 0 unspecified atom stereocenters. The van der Waals surface area contributed by atoms with Crippen LogP contribution in [0, 0.1) is 25.2 Å². The van der Waals surface area contributed by atoms with E-state index in [2.05, 4.69) is 36.1 Å². The van der Waals surface area contributed by atoms with Gasteiger partial charge in [-0.05, 0) is 58.4 Å². The van der Waals surface area contributed by atoms with Gasteiger partial charge in [0, 0.05) is 17.3 Å². The minimum Gasteiger partial charge on any atom is -0.455 e. The number of aromatic amines is 1. The first-order valence-corrected chi connectivity index (χ1v) is 12.4. The number of rotatable bonds is 6. The van der Waals surface area contributed by atoms with Crippen molar-refractivity contribution >= 4 is 28.3 Å². The van der Waals surface area contributed by atoms with Gasteiger partial charge in [-0.2, -0.15) is 10.4 Å². The summed E-state index contributed by atoms with van der Waals surface area (Å²) in [5.41, 5.74) is 2.83. The molecular weight excluding hydrogens is 522 g/mol. The topological polar surface area (TPSA) is 156 Å². The van der Waals surface area contributed by atoms with Crippen molar-refractivity contribution in [2.24, 2.45) is 0 Å². The molecule has 0 aliphatic carbocycles. The van der Waals surface area contributed by atoms with Crippen molar-refractivity contribution in [1.82, 2.24) is 24.9 Å². The molecule has 0 spiro atoms. The third kappa shape index (κ3) is 4.70. The summed E-state index contributed by atoms with van der Waals surface area (Å²) in [5, 5.41) is 21.6. The van der Waals surface area contributed by atoms with Gasteiger partial charge in [-0.3, -0.25) is 19.0 Å². The molecule has 5 rings (SSSR count). The average molecular weight is 546 g/mol. The van der Waals surface area contributed by atoms with E-state index in [0.717, 1.165) is 11.1 Å². The zero-order chi connectivity index (χ0) is 28.1. The van der Waals surface area contributed by atoms with E-state index < -0.39 is 11.3 Å². The molecule has 0 saturated heterocycles. The molecule has 12 heteroatoms. The van der Waals surface area contributed by atoms with Crippen molar-refractivity contribution in [3.05, 3.63) is 79.3 Å². The zero-order valence-corrected chi connectivity index (χ0v) is 22.5. The van der Waals surface area contributed by atoms with Crippen LogP contribution in [0.2, 0.25) is 5.15 Å². The number of hydrogen-bond donors (Lipinski definition) is 2. The van der Waals surface area contributed by atoms with Gasteiger partial charge >= 0.3 is 5.76 Å². The Morgan fingerprint density at radius 1 is 1.23 bits per heavy atom. The number of aryl methyl sites for hydroxylation is 1. The maximum absolute atomic E-state index is 13.5. The van der Waals surface area contributed by atoms with Gasteiger partial charge in [0.05, 0.1) is 34.9 Å². The maximum Gasteiger partial charge on any atom is 0.439 e. The molecule has 4 aromatic heterocycles. The second-order valence-electron chi connectivity index (χ2n) is 9.80. The number of anilines is 1. The molecule has 0 saturated carbocycles. The van der Waals surface area contributed by atoms with E-state index >= 15 is 0 Å². The minimum atomic E-state index is -0.873. The van der Waals surface area contributed by atoms with E-state index in [4.69, 9.17) is 16.0 Å². The summed E-state index contributed by atoms with van der Waals surface area (Å²) >= 11 is 6.11. The maximum atomic E-state index is 13.5. The number of nitrogens with one attached hydrogen (secondary N) is 2. The normalized spacial score (nSPS) is 12.4. The van der Waals surface area contributed by atoms with E-state index in [1.807, 2.05) is 19.9 Å². The van der Waals surface area contributed by atoms with Gasteiger partial charge in [0.15, 0.2) is 5.43 Å². The van der Waals surface area contributed by atoms with Gasteiger partial charge in [0.1, 0.15) is 27.7 Å². The average Bonchev–Trinajstić information content (AvgIpc) is 3.57. The van der Waals surface area contributed by atoms with Gasteiger partial charge < -0.3 is 9.73 Å². The molecule has 1 aromatic carbocycles. The fourth-order valence-corrected chi connectivity index (χ4v) is 4.48. The van der Waals surface area contributed by atoms with Crippen LogP contribution < -0.4 is 16.5 Å². The largest absolute Gasteiger partial charge is 0.455 e. The van der Waals surface area contributed by atoms with Gasteiger partial charge in [0.2, 0.25) is 5.82 Å². The van der Waals surface area contributed by atoms with Crippen LogP contribution >= 0.6 is 11.6 Å².